The minimum atomic E-state index is -0.169. The van der Waals surface area contributed by atoms with E-state index in [9.17, 15) is 9.59 Å². The van der Waals surface area contributed by atoms with Crippen molar-refractivity contribution in [3.63, 3.8) is 0 Å². The number of rotatable bonds is 5. The van der Waals surface area contributed by atoms with Crippen molar-refractivity contribution in [2.24, 2.45) is 0 Å². The highest BCUT2D eigenvalue weighted by Crippen LogP contribution is 2.18. The van der Waals surface area contributed by atoms with E-state index in [1.165, 1.54) is 22.2 Å². The molecule has 0 unspecified atom stereocenters. The molecule has 1 aromatic carbocycles. The Morgan fingerprint density at radius 2 is 2.16 bits per heavy atom. The van der Waals surface area contributed by atoms with Gasteiger partial charge in [0.1, 0.15) is 10.4 Å². The van der Waals surface area contributed by atoms with Crippen LogP contribution in [-0.4, -0.2) is 27.2 Å². The second-order valence-electron chi connectivity index (χ2n) is 5.53. The highest BCUT2D eigenvalue weighted by Gasteiger charge is 2.12. The van der Waals surface area contributed by atoms with Crippen molar-refractivity contribution in [1.82, 2.24) is 20.0 Å². The molecule has 0 bridgehead atoms. The van der Waals surface area contributed by atoms with Crippen LogP contribution in [-0.2, 0) is 17.8 Å². The molecule has 4 aromatic rings. The molecule has 0 saturated heterocycles. The Labute approximate surface area is 145 Å². The summed E-state index contributed by atoms with van der Waals surface area (Å²) in [6, 6.07) is 9.23. The molecule has 8 heteroatoms. The summed E-state index contributed by atoms with van der Waals surface area (Å²) in [5, 5.41) is 9.42. The Balaban J connectivity index is 1.38. The second-order valence-corrected chi connectivity index (χ2v) is 6.45. The summed E-state index contributed by atoms with van der Waals surface area (Å²) in [5.41, 5.74) is 1.88. The van der Waals surface area contributed by atoms with Gasteiger partial charge in [0.25, 0.3) is 5.56 Å². The lowest BCUT2D eigenvalue weighted by Crippen LogP contribution is -2.31. The van der Waals surface area contributed by atoms with E-state index in [1.807, 2.05) is 35.7 Å². The Bertz CT molecular complexity index is 1110. The van der Waals surface area contributed by atoms with E-state index in [4.69, 9.17) is 4.52 Å². The number of para-hydroxylation sites is 1. The molecule has 0 fully saturated rings. The summed E-state index contributed by atoms with van der Waals surface area (Å²) in [7, 11) is 0. The zero-order valence-electron chi connectivity index (χ0n) is 13.1. The van der Waals surface area contributed by atoms with Gasteiger partial charge in [-0.1, -0.05) is 17.3 Å². The first-order valence-corrected chi connectivity index (χ1v) is 8.63. The fraction of sp³-hybridized carbons (Fsp3) is 0.176. The van der Waals surface area contributed by atoms with Gasteiger partial charge in [0.05, 0.1) is 18.3 Å². The molecule has 126 valence electrons. The lowest BCUT2D eigenvalue weighted by atomic mass is 10.1. The number of amides is 1. The maximum absolute atomic E-state index is 12.3. The number of thiophene rings is 1. The van der Waals surface area contributed by atoms with Gasteiger partial charge in [0, 0.05) is 18.5 Å². The van der Waals surface area contributed by atoms with Crippen LogP contribution < -0.4 is 10.9 Å². The number of fused-ring (bicyclic) bond motifs is 2. The van der Waals surface area contributed by atoms with E-state index in [2.05, 4.69) is 15.5 Å². The van der Waals surface area contributed by atoms with Crippen LogP contribution in [0.25, 0.3) is 21.2 Å². The molecule has 4 rings (SSSR count). The average molecular weight is 354 g/mol. The van der Waals surface area contributed by atoms with Crippen LogP contribution >= 0.6 is 11.3 Å². The summed E-state index contributed by atoms with van der Waals surface area (Å²) in [6.07, 6.45) is 1.64. The summed E-state index contributed by atoms with van der Waals surface area (Å²) in [6.45, 7) is 0.706. The molecular weight excluding hydrogens is 340 g/mol. The van der Waals surface area contributed by atoms with Gasteiger partial charge in [-0.25, -0.2) is 4.98 Å². The third-order valence-corrected chi connectivity index (χ3v) is 4.78. The molecule has 7 nitrogen and oxygen atoms in total. The largest absolute Gasteiger partial charge is 0.356 e. The van der Waals surface area contributed by atoms with Crippen molar-refractivity contribution in [2.45, 2.75) is 13.0 Å². The van der Waals surface area contributed by atoms with Crippen molar-refractivity contribution >= 4 is 38.4 Å². The molecular formula is C17H14N4O3S. The van der Waals surface area contributed by atoms with Gasteiger partial charge in [0.15, 0.2) is 5.58 Å². The van der Waals surface area contributed by atoms with Crippen molar-refractivity contribution in [3.05, 3.63) is 58.1 Å². The number of nitrogens with one attached hydrogen (secondary N) is 1. The van der Waals surface area contributed by atoms with Crippen LogP contribution in [0.2, 0.25) is 0 Å². The molecule has 0 atom stereocenters. The average Bonchev–Trinajstić information content (AvgIpc) is 3.25. The van der Waals surface area contributed by atoms with Crippen LogP contribution in [0.15, 0.2) is 51.4 Å². The van der Waals surface area contributed by atoms with Gasteiger partial charge in [-0.05, 0) is 23.6 Å². The first kappa shape index (κ1) is 15.5. The van der Waals surface area contributed by atoms with E-state index >= 15 is 0 Å². The van der Waals surface area contributed by atoms with Crippen molar-refractivity contribution in [3.8, 4) is 0 Å². The van der Waals surface area contributed by atoms with Gasteiger partial charge in [-0.2, -0.15) is 0 Å². The van der Waals surface area contributed by atoms with Crippen LogP contribution in [0.4, 0.5) is 0 Å². The summed E-state index contributed by atoms with van der Waals surface area (Å²) >= 11 is 1.37. The lowest BCUT2D eigenvalue weighted by molar-refractivity contribution is -0.120. The quantitative estimate of drug-likeness (QED) is 0.592. The Morgan fingerprint density at radius 3 is 3.08 bits per heavy atom. The summed E-state index contributed by atoms with van der Waals surface area (Å²) < 4.78 is 7.32. The van der Waals surface area contributed by atoms with Crippen LogP contribution in [0.3, 0.4) is 0 Å². The van der Waals surface area contributed by atoms with E-state index in [0.717, 1.165) is 5.39 Å². The minimum absolute atomic E-state index is 0.0863. The minimum Gasteiger partial charge on any atom is -0.356 e. The Hall–Kier alpha value is -3.00. The molecule has 0 spiro atoms. The fourth-order valence-electron chi connectivity index (χ4n) is 2.63. The number of hydrogen-bond donors (Lipinski definition) is 1. The van der Waals surface area contributed by atoms with Gasteiger partial charge < -0.3 is 9.84 Å². The van der Waals surface area contributed by atoms with Gasteiger partial charge in [0.2, 0.25) is 5.91 Å². The van der Waals surface area contributed by atoms with Crippen molar-refractivity contribution in [1.29, 1.82) is 0 Å². The molecule has 3 heterocycles. The molecule has 0 aliphatic carbocycles. The predicted octanol–water partition coefficient (Wildman–Crippen LogP) is 1.96. The van der Waals surface area contributed by atoms with Crippen LogP contribution in [0.5, 0.6) is 0 Å². The molecule has 0 aliphatic rings. The number of carbonyl (C=O) groups is 1. The fourth-order valence-corrected chi connectivity index (χ4v) is 3.43. The normalized spacial score (nSPS) is 11.2. The van der Waals surface area contributed by atoms with Gasteiger partial charge in [-0.15, -0.1) is 11.3 Å². The number of nitrogens with zero attached hydrogens (tertiary/aromatic N) is 3. The number of carbonyl (C=O) groups excluding carboxylic acids is 1. The zero-order valence-corrected chi connectivity index (χ0v) is 14.0. The Morgan fingerprint density at radius 1 is 1.28 bits per heavy atom. The smallest absolute Gasteiger partial charge is 0.271 e. The SMILES string of the molecule is O=C(Cc1noc2ccccc12)NCCn1cnc2ccsc2c1=O. The Kier molecular flexibility index (Phi) is 4.02. The monoisotopic (exact) mass is 354 g/mol. The van der Waals surface area contributed by atoms with Gasteiger partial charge >= 0.3 is 0 Å². The second kappa shape index (κ2) is 6.48. The standard InChI is InChI=1S/C17H14N4O3S/c22-15(9-13-11-3-1-2-4-14(11)24-20-13)18-6-7-21-10-19-12-5-8-25-16(12)17(21)23/h1-5,8,10H,6-7,9H2,(H,18,22). The molecule has 3 aromatic heterocycles. The van der Waals surface area contributed by atoms with Crippen molar-refractivity contribution < 1.29 is 9.32 Å². The molecule has 1 amide bonds. The third-order valence-electron chi connectivity index (χ3n) is 3.89. The third kappa shape index (κ3) is 3.03. The molecule has 25 heavy (non-hydrogen) atoms. The topological polar surface area (TPSA) is 90.0 Å². The first-order chi connectivity index (χ1) is 12.2. The van der Waals surface area contributed by atoms with Crippen molar-refractivity contribution in [2.75, 3.05) is 6.54 Å². The number of aromatic nitrogens is 3. The molecule has 0 saturated carbocycles. The first-order valence-electron chi connectivity index (χ1n) is 7.75. The van der Waals surface area contributed by atoms with Crippen LogP contribution in [0.1, 0.15) is 5.69 Å². The predicted molar refractivity (Wildman–Crippen MR) is 94.6 cm³/mol. The molecule has 0 radical (unpaired) electrons. The van der Waals surface area contributed by atoms with E-state index < -0.39 is 0 Å². The zero-order chi connectivity index (χ0) is 17.2. The van der Waals surface area contributed by atoms with E-state index in [-0.39, 0.29) is 17.9 Å². The lowest BCUT2D eigenvalue weighted by Gasteiger charge is -2.06. The summed E-state index contributed by atoms with van der Waals surface area (Å²) in [4.78, 5) is 28.6. The highest BCUT2D eigenvalue weighted by molar-refractivity contribution is 7.17. The van der Waals surface area contributed by atoms with E-state index in [0.29, 0.717) is 34.6 Å². The maximum atomic E-state index is 12.3. The molecule has 0 aliphatic heterocycles. The van der Waals surface area contributed by atoms with Crippen LogP contribution in [0, 0.1) is 0 Å². The van der Waals surface area contributed by atoms with E-state index in [1.54, 1.807) is 0 Å². The highest BCUT2D eigenvalue weighted by atomic mass is 32.1. The number of hydrogen-bond acceptors (Lipinski definition) is 6. The maximum Gasteiger partial charge on any atom is 0.271 e. The molecule has 1 N–H and O–H groups in total. The number of benzene rings is 1. The summed E-state index contributed by atoms with van der Waals surface area (Å²) in [5.74, 6) is -0.169. The van der Waals surface area contributed by atoms with Gasteiger partial charge in [-0.3, -0.25) is 14.2 Å².